The van der Waals surface area contributed by atoms with E-state index in [1.165, 1.54) is 12.1 Å². The Balaban J connectivity index is 1.66. The van der Waals surface area contributed by atoms with Gasteiger partial charge < -0.3 is 10.0 Å². The zero-order valence-electron chi connectivity index (χ0n) is 16.6. The lowest BCUT2D eigenvalue weighted by Crippen LogP contribution is -2.52. The Morgan fingerprint density at radius 2 is 1.89 bits per heavy atom. The van der Waals surface area contributed by atoms with Crippen LogP contribution in [0.4, 0.5) is 10.1 Å². The first-order valence-electron chi connectivity index (χ1n) is 10.0. The van der Waals surface area contributed by atoms with Gasteiger partial charge >= 0.3 is 0 Å². The molecular weight excluding hydrogens is 355 g/mol. The molecule has 1 heterocycles. The molecule has 1 saturated heterocycles. The summed E-state index contributed by atoms with van der Waals surface area (Å²) in [5.41, 5.74) is 1.68. The third-order valence-electron chi connectivity index (χ3n) is 5.57. The van der Waals surface area contributed by atoms with E-state index in [1.807, 2.05) is 42.2 Å². The van der Waals surface area contributed by atoms with Crippen molar-refractivity contribution >= 4 is 11.6 Å². The molecule has 0 aromatic heterocycles. The molecule has 0 spiro atoms. The monoisotopic (exact) mass is 384 g/mol. The number of aliphatic hydroxyl groups excluding tert-OH is 1. The smallest absolute Gasteiger partial charge is 0.226 e. The molecule has 1 fully saturated rings. The molecule has 0 unspecified atom stereocenters. The number of para-hydroxylation sites is 1. The van der Waals surface area contributed by atoms with Crippen molar-refractivity contribution in [3.8, 4) is 0 Å². The standard InChI is InChI=1S/C23H29FN2O2/c1-3-23(28)26(20-7-5-4-6-8-20)21-13-14-25(15-17(21)2)16-22(27)18-9-11-19(24)12-10-18/h4-12,17,21-22,27H,3,13-16H2,1-2H3/t17-,21+,22-/m0/s1. The van der Waals surface area contributed by atoms with Gasteiger partial charge in [0.05, 0.1) is 6.10 Å². The number of rotatable bonds is 6. The Morgan fingerprint density at radius 1 is 1.21 bits per heavy atom. The van der Waals surface area contributed by atoms with Crippen LogP contribution in [0.3, 0.4) is 0 Å². The Labute approximate surface area is 166 Å². The fraction of sp³-hybridized carbons (Fsp3) is 0.435. The van der Waals surface area contributed by atoms with Gasteiger partial charge in [0, 0.05) is 37.8 Å². The average molecular weight is 384 g/mol. The molecule has 1 aliphatic rings. The molecule has 28 heavy (non-hydrogen) atoms. The molecule has 2 aromatic rings. The maximum Gasteiger partial charge on any atom is 0.226 e. The number of amides is 1. The summed E-state index contributed by atoms with van der Waals surface area (Å²) < 4.78 is 13.1. The summed E-state index contributed by atoms with van der Waals surface area (Å²) in [5, 5.41) is 10.5. The van der Waals surface area contributed by atoms with Gasteiger partial charge in [-0.15, -0.1) is 0 Å². The van der Waals surface area contributed by atoms with Crippen LogP contribution in [0.2, 0.25) is 0 Å². The van der Waals surface area contributed by atoms with Gasteiger partial charge in [-0.25, -0.2) is 4.39 Å². The van der Waals surface area contributed by atoms with Gasteiger partial charge in [0.2, 0.25) is 5.91 Å². The lowest BCUT2D eigenvalue weighted by Gasteiger charge is -2.43. The number of hydrogen-bond donors (Lipinski definition) is 1. The van der Waals surface area contributed by atoms with E-state index in [0.29, 0.717) is 13.0 Å². The summed E-state index contributed by atoms with van der Waals surface area (Å²) >= 11 is 0. The highest BCUT2D eigenvalue weighted by atomic mass is 19.1. The number of benzene rings is 2. The summed E-state index contributed by atoms with van der Waals surface area (Å²) in [6.45, 7) is 6.20. The largest absolute Gasteiger partial charge is 0.387 e. The summed E-state index contributed by atoms with van der Waals surface area (Å²) in [6.07, 6.45) is 0.690. The third-order valence-corrected chi connectivity index (χ3v) is 5.57. The highest BCUT2D eigenvalue weighted by Crippen LogP contribution is 2.29. The zero-order valence-corrected chi connectivity index (χ0v) is 16.6. The molecule has 1 amide bonds. The van der Waals surface area contributed by atoms with Gasteiger partial charge in [-0.3, -0.25) is 9.69 Å². The predicted molar refractivity (Wildman–Crippen MR) is 110 cm³/mol. The van der Waals surface area contributed by atoms with Crippen LogP contribution in [0.5, 0.6) is 0 Å². The molecule has 0 bridgehead atoms. The number of halogens is 1. The van der Waals surface area contributed by atoms with E-state index in [-0.39, 0.29) is 23.7 Å². The number of nitrogens with zero attached hydrogens (tertiary/aromatic N) is 2. The van der Waals surface area contributed by atoms with Crippen molar-refractivity contribution in [2.24, 2.45) is 5.92 Å². The summed E-state index contributed by atoms with van der Waals surface area (Å²) in [5.74, 6) is 0.125. The van der Waals surface area contributed by atoms with E-state index in [2.05, 4.69) is 11.8 Å². The molecule has 150 valence electrons. The van der Waals surface area contributed by atoms with Crippen molar-refractivity contribution < 1.29 is 14.3 Å². The van der Waals surface area contributed by atoms with E-state index in [4.69, 9.17) is 0 Å². The van der Waals surface area contributed by atoms with Crippen LogP contribution in [0.15, 0.2) is 54.6 Å². The van der Waals surface area contributed by atoms with E-state index >= 15 is 0 Å². The summed E-state index contributed by atoms with van der Waals surface area (Å²) in [4.78, 5) is 16.9. The number of carbonyl (C=O) groups excluding carboxylic acids is 1. The Kier molecular flexibility index (Phi) is 6.81. The van der Waals surface area contributed by atoms with Gasteiger partial charge in [0.15, 0.2) is 0 Å². The van der Waals surface area contributed by atoms with Crippen LogP contribution < -0.4 is 4.90 Å². The van der Waals surface area contributed by atoms with E-state index < -0.39 is 6.10 Å². The van der Waals surface area contributed by atoms with Crippen molar-refractivity contribution in [1.29, 1.82) is 0 Å². The number of piperidine rings is 1. The fourth-order valence-corrected chi connectivity index (χ4v) is 4.08. The zero-order chi connectivity index (χ0) is 20.1. The highest BCUT2D eigenvalue weighted by molar-refractivity contribution is 5.93. The van der Waals surface area contributed by atoms with Crippen LogP contribution in [-0.2, 0) is 4.79 Å². The lowest BCUT2D eigenvalue weighted by atomic mass is 9.91. The quantitative estimate of drug-likeness (QED) is 0.818. The molecule has 5 heteroatoms. The van der Waals surface area contributed by atoms with Crippen molar-refractivity contribution in [3.05, 3.63) is 66.0 Å². The summed E-state index contributed by atoms with van der Waals surface area (Å²) in [7, 11) is 0. The van der Waals surface area contributed by atoms with Gasteiger partial charge in [-0.1, -0.05) is 44.2 Å². The van der Waals surface area contributed by atoms with Crippen LogP contribution >= 0.6 is 0 Å². The molecule has 4 nitrogen and oxygen atoms in total. The molecule has 0 radical (unpaired) electrons. The predicted octanol–water partition coefficient (Wildman–Crippen LogP) is 4.01. The van der Waals surface area contributed by atoms with Gasteiger partial charge in [0.1, 0.15) is 5.82 Å². The van der Waals surface area contributed by atoms with Crippen LogP contribution in [0.25, 0.3) is 0 Å². The normalized spacial score (nSPS) is 21.3. The first-order valence-corrected chi connectivity index (χ1v) is 10.0. The number of carbonyl (C=O) groups is 1. The number of β-amino-alcohol motifs (C(OH)–C–C–N with tert-alkyl or cyclic N) is 1. The molecule has 2 aromatic carbocycles. The average Bonchev–Trinajstić information content (AvgIpc) is 2.71. The molecular formula is C23H29FN2O2. The van der Waals surface area contributed by atoms with Crippen molar-refractivity contribution in [2.75, 3.05) is 24.5 Å². The molecule has 1 N–H and O–H groups in total. The Morgan fingerprint density at radius 3 is 2.50 bits per heavy atom. The summed E-state index contributed by atoms with van der Waals surface area (Å²) in [6, 6.07) is 16.0. The minimum Gasteiger partial charge on any atom is -0.387 e. The van der Waals surface area contributed by atoms with Crippen LogP contribution in [-0.4, -0.2) is 41.6 Å². The van der Waals surface area contributed by atoms with Crippen LogP contribution in [0.1, 0.15) is 38.4 Å². The number of aliphatic hydroxyl groups is 1. The van der Waals surface area contributed by atoms with Crippen LogP contribution in [0, 0.1) is 11.7 Å². The van der Waals surface area contributed by atoms with Crippen molar-refractivity contribution in [2.45, 2.75) is 38.8 Å². The Bertz CT molecular complexity index is 766. The maximum absolute atomic E-state index is 13.1. The van der Waals surface area contributed by atoms with Crippen molar-refractivity contribution in [1.82, 2.24) is 4.90 Å². The first kappa shape index (κ1) is 20.5. The van der Waals surface area contributed by atoms with E-state index in [9.17, 15) is 14.3 Å². The first-order chi connectivity index (χ1) is 13.5. The topological polar surface area (TPSA) is 43.8 Å². The second-order valence-corrected chi connectivity index (χ2v) is 7.61. The second kappa shape index (κ2) is 9.30. The number of anilines is 1. The highest BCUT2D eigenvalue weighted by Gasteiger charge is 2.34. The molecule has 1 aliphatic heterocycles. The number of likely N-dealkylation sites (tertiary alicyclic amines) is 1. The van der Waals surface area contributed by atoms with Crippen molar-refractivity contribution in [3.63, 3.8) is 0 Å². The fourth-order valence-electron chi connectivity index (χ4n) is 4.08. The van der Waals surface area contributed by atoms with Gasteiger partial charge in [0.25, 0.3) is 0 Å². The van der Waals surface area contributed by atoms with Gasteiger partial charge in [-0.2, -0.15) is 0 Å². The minimum absolute atomic E-state index is 0.142. The maximum atomic E-state index is 13.1. The minimum atomic E-state index is -0.646. The molecule has 3 rings (SSSR count). The van der Waals surface area contributed by atoms with E-state index in [1.54, 1.807) is 12.1 Å². The molecule has 3 atom stereocenters. The van der Waals surface area contributed by atoms with Gasteiger partial charge in [-0.05, 0) is 42.2 Å². The number of hydrogen-bond acceptors (Lipinski definition) is 3. The molecule has 0 saturated carbocycles. The third kappa shape index (κ3) is 4.78. The second-order valence-electron chi connectivity index (χ2n) is 7.61. The SMILES string of the molecule is CCC(=O)N(c1ccccc1)[C@@H]1CCN(C[C@H](O)c2ccc(F)cc2)C[C@@H]1C. The Hall–Kier alpha value is -2.24. The van der Waals surface area contributed by atoms with E-state index in [0.717, 1.165) is 30.8 Å². The lowest BCUT2D eigenvalue weighted by molar-refractivity contribution is -0.119. The molecule has 0 aliphatic carbocycles.